The standard InChI is InChI=1S/C30H53FO4Si/c1-9-19-26-27(31)23(32)15-17-30(26,4)22-14-16-29(3)20(18(2)10-13-24(33)34-5)11-12-21(29)25(22)28(19)35-36(6,7)8/h18-23,25-28,32H,9-17H2,1-8H3/t18?,19-,20-,21+,22+,23-,25+,26-,27+,28-,29-,30-/m1/s1. The van der Waals surface area contributed by atoms with Crippen molar-refractivity contribution in [2.24, 2.45) is 52.3 Å². The van der Waals surface area contributed by atoms with Crippen molar-refractivity contribution in [3.05, 3.63) is 0 Å². The topological polar surface area (TPSA) is 55.8 Å². The molecule has 4 aliphatic carbocycles. The quantitative estimate of drug-likeness (QED) is 0.287. The Labute approximate surface area is 220 Å². The fraction of sp³-hybridized carbons (Fsp3) is 0.967. The molecule has 4 aliphatic rings. The summed E-state index contributed by atoms with van der Waals surface area (Å²) < 4.78 is 27.9. The number of esters is 1. The van der Waals surface area contributed by atoms with E-state index in [0.29, 0.717) is 42.4 Å². The van der Waals surface area contributed by atoms with Crippen LogP contribution in [0, 0.1) is 52.3 Å². The van der Waals surface area contributed by atoms with Gasteiger partial charge in [-0.25, -0.2) is 4.39 Å². The predicted octanol–water partition coefficient (Wildman–Crippen LogP) is 7.01. The molecule has 0 radical (unpaired) electrons. The Hall–Kier alpha value is -0.463. The van der Waals surface area contributed by atoms with E-state index in [0.717, 1.165) is 25.7 Å². The van der Waals surface area contributed by atoms with Crippen LogP contribution >= 0.6 is 0 Å². The fourth-order valence-corrected chi connectivity index (χ4v) is 11.3. The summed E-state index contributed by atoms with van der Waals surface area (Å²) in [5.74, 6) is 2.53. The molecule has 4 rings (SSSR count). The Morgan fingerprint density at radius 3 is 2.33 bits per heavy atom. The van der Waals surface area contributed by atoms with Gasteiger partial charge >= 0.3 is 5.97 Å². The molecule has 208 valence electrons. The first kappa shape index (κ1) is 28.5. The first-order valence-electron chi connectivity index (χ1n) is 14.8. The third-order valence-corrected chi connectivity index (χ3v) is 12.6. The van der Waals surface area contributed by atoms with Crippen LogP contribution in [0.4, 0.5) is 4.39 Å². The lowest BCUT2D eigenvalue weighted by Crippen LogP contribution is -2.66. The van der Waals surface area contributed by atoms with Crippen molar-refractivity contribution in [1.29, 1.82) is 0 Å². The van der Waals surface area contributed by atoms with Crippen molar-refractivity contribution < 1.29 is 23.5 Å². The molecule has 0 aromatic rings. The molecule has 1 unspecified atom stereocenters. The smallest absolute Gasteiger partial charge is 0.305 e. The lowest BCUT2D eigenvalue weighted by atomic mass is 9.41. The highest BCUT2D eigenvalue weighted by Gasteiger charge is 2.67. The highest BCUT2D eigenvalue weighted by Crippen LogP contribution is 2.70. The molecule has 0 saturated heterocycles. The van der Waals surface area contributed by atoms with Crippen LogP contribution in [-0.4, -0.2) is 44.9 Å². The fourth-order valence-electron chi connectivity index (χ4n) is 10.1. The molecule has 1 N–H and O–H groups in total. The Balaban J connectivity index is 1.70. The number of carbonyl (C=O) groups excluding carboxylic acids is 1. The first-order valence-corrected chi connectivity index (χ1v) is 18.3. The third kappa shape index (κ3) is 4.74. The maximum absolute atomic E-state index is 15.9. The average Bonchev–Trinajstić information content (AvgIpc) is 3.17. The average molecular weight is 525 g/mol. The number of alkyl halides is 1. The number of rotatable bonds is 7. The summed E-state index contributed by atoms with van der Waals surface area (Å²) in [5.41, 5.74) is 0.168. The second-order valence-electron chi connectivity index (χ2n) is 14.5. The number of halogens is 1. The van der Waals surface area contributed by atoms with Gasteiger partial charge in [0.05, 0.1) is 19.3 Å². The van der Waals surface area contributed by atoms with Gasteiger partial charge in [-0.1, -0.05) is 34.1 Å². The van der Waals surface area contributed by atoms with E-state index < -0.39 is 20.6 Å². The molecular formula is C30H53FO4Si. The van der Waals surface area contributed by atoms with Crippen LogP contribution in [0.1, 0.15) is 85.5 Å². The number of aliphatic hydroxyl groups excluding tert-OH is 1. The summed E-state index contributed by atoms with van der Waals surface area (Å²) in [6.07, 6.45) is 6.68. The van der Waals surface area contributed by atoms with E-state index >= 15 is 4.39 Å². The van der Waals surface area contributed by atoms with Crippen LogP contribution < -0.4 is 0 Å². The van der Waals surface area contributed by atoms with Crippen LogP contribution in [-0.2, 0) is 14.0 Å². The number of methoxy groups -OCH3 is 1. The maximum Gasteiger partial charge on any atom is 0.305 e. The molecule has 0 bridgehead atoms. The first-order chi connectivity index (χ1) is 16.8. The van der Waals surface area contributed by atoms with E-state index in [2.05, 4.69) is 47.3 Å². The zero-order chi connectivity index (χ0) is 26.6. The van der Waals surface area contributed by atoms with Crippen molar-refractivity contribution in [2.45, 2.75) is 124 Å². The maximum atomic E-state index is 15.9. The van der Waals surface area contributed by atoms with Crippen molar-refractivity contribution in [3.8, 4) is 0 Å². The minimum atomic E-state index is -1.87. The Bertz CT molecular complexity index is 800. The monoisotopic (exact) mass is 524 g/mol. The van der Waals surface area contributed by atoms with Gasteiger partial charge in [0.2, 0.25) is 0 Å². The largest absolute Gasteiger partial charge is 0.469 e. The molecule has 6 heteroatoms. The Kier molecular flexibility index (Phi) is 8.13. The van der Waals surface area contributed by atoms with Crippen molar-refractivity contribution >= 4 is 14.3 Å². The lowest BCUT2D eigenvalue weighted by Gasteiger charge is -2.66. The molecule has 0 aromatic heterocycles. The van der Waals surface area contributed by atoms with Gasteiger partial charge in [0.25, 0.3) is 0 Å². The summed E-state index contributed by atoms with van der Waals surface area (Å²) in [7, 11) is -0.393. The van der Waals surface area contributed by atoms with Gasteiger partial charge in [-0.3, -0.25) is 4.79 Å². The van der Waals surface area contributed by atoms with E-state index in [4.69, 9.17) is 9.16 Å². The van der Waals surface area contributed by atoms with Crippen LogP contribution in [0.5, 0.6) is 0 Å². The zero-order valence-corrected chi connectivity index (χ0v) is 25.2. The molecular weight excluding hydrogens is 471 g/mol. The summed E-state index contributed by atoms with van der Waals surface area (Å²) in [6, 6.07) is 0. The molecule has 0 heterocycles. The lowest BCUT2D eigenvalue weighted by molar-refractivity contribution is -0.218. The van der Waals surface area contributed by atoms with E-state index in [1.54, 1.807) is 0 Å². The minimum Gasteiger partial charge on any atom is -0.469 e. The van der Waals surface area contributed by atoms with E-state index in [9.17, 15) is 9.90 Å². The normalized spacial score (nSPS) is 47.4. The molecule has 4 saturated carbocycles. The van der Waals surface area contributed by atoms with Gasteiger partial charge < -0.3 is 14.3 Å². The van der Waals surface area contributed by atoms with Gasteiger partial charge in [-0.2, -0.15) is 0 Å². The molecule has 0 spiro atoms. The molecule has 0 aromatic carbocycles. The van der Waals surface area contributed by atoms with E-state index in [1.807, 2.05) is 0 Å². The van der Waals surface area contributed by atoms with Crippen LogP contribution in [0.2, 0.25) is 19.6 Å². The van der Waals surface area contributed by atoms with Gasteiger partial charge in [0.1, 0.15) is 6.17 Å². The molecule has 0 amide bonds. The number of ether oxygens (including phenoxy) is 1. The summed E-state index contributed by atoms with van der Waals surface area (Å²) >= 11 is 0. The number of hydrogen-bond donors (Lipinski definition) is 1. The molecule has 36 heavy (non-hydrogen) atoms. The highest BCUT2D eigenvalue weighted by molar-refractivity contribution is 6.69. The Morgan fingerprint density at radius 1 is 1.08 bits per heavy atom. The summed E-state index contributed by atoms with van der Waals surface area (Å²) in [4.78, 5) is 11.9. The van der Waals surface area contributed by atoms with Crippen LogP contribution in [0.15, 0.2) is 0 Å². The number of aliphatic hydroxyl groups is 1. The van der Waals surface area contributed by atoms with Gasteiger partial charge in [0, 0.05) is 12.3 Å². The second kappa shape index (κ2) is 10.3. The number of carbonyl (C=O) groups is 1. The van der Waals surface area contributed by atoms with E-state index in [1.165, 1.54) is 26.4 Å². The van der Waals surface area contributed by atoms with Crippen molar-refractivity contribution in [1.82, 2.24) is 0 Å². The number of hydrogen-bond acceptors (Lipinski definition) is 4. The summed E-state index contributed by atoms with van der Waals surface area (Å²) in [6.45, 7) is 16.3. The van der Waals surface area contributed by atoms with Gasteiger partial charge in [-0.15, -0.1) is 0 Å². The zero-order valence-electron chi connectivity index (χ0n) is 24.2. The van der Waals surface area contributed by atoms with Crippen molar-refractivity contribution in [3.63, 3.8) is 0 Å². The van der Waals surface area contributed by atoms with Gasteiger partial charge in [0.15, 0.2) is 8.32 Å². The SMILES string of the molecule is CC[C@H]1[C@@H](O[Si](C)(C)C)[C@@H]2[C@H](CC[C@]3(C)[C@@H](C(C)CCC(=O)OC)CC[C@@H]23)[C@@]2(C)CC[C@@H](O)[C@H](F)[C@@H]12. The Morgan fingerprint density at radius 2 is 1.72 bits per heavy atom. The van der Waals surface area contributed by atoms with E-state index in [-0.39, 0.29) is 34.7 Å². The molecule has 12 atom stereocenters. The predicted molar refractivity (Wildman–Crippen MR) is 145 cm³/mol. The van der Waals surface area contributed by atoms with Crippen LogP contribution in [0.25, 0.3) is 0 Å². The molecule has 4 nitrogen and oxygen atoms in total. The third-order valence-electron chi connectivity index (χ3n) is 11.6. The summed E-state index contributed by atoms with van der Waals surface area (Å²) in [5, 5.41) is 10.6. The molecule has 4 fully saturated rings. The van der Waals surface area contributed by atoms with Crippen molar-refractivity contribution in [2.75, 3.05) is 7.11 Å². The number of fused-ring (bicyclic) bond motifs is 5. The highest BCUT2D eigenvalue weighted by atomic mass is 28.4. The second-order valence-corrected chi connectivity index (χ2v) is 18.9. The molecule has 0 aliphatic heterocycles. The van der Waals surface area contributed by atoms with Crippen LogP contribution in [0.3, 0.4) is 0 Å². The minimum absolute atomic E-state index is 0.0702. The van der Waals surface area contributed by atoms with Gasteiger partial charge in [-0.05, 0) is 111 Å².